The lowest BCUT2D eigenvalue weighted by Gasteiger charge is -2.15. The average Bonchev–Trinajstić information content (AvgIpc) is 2.24. The van der Waals surface area contributed by atoms with Gasteiger partial charge < -0.3 is 10.6 Å². The first-order chi connectivity index (χ1) is 8.69. The molecule has 19 heavy (non-hydrogen) atoms. The monoisotopic (exact) mass is 292 g/mol. The molecule has 0 spiro atoms. The number of anilines is 1. The second-order valence-electron chi connectivity index (χ2n) is 3.98. The zero-order valence-electron chi connectivity index (χ0n) is 10.5. The van der Waals surface area contributed by atoms with E-state index in [9.17, 15) is 22.0 Å². The van der Waals surface area contributed by atoms with Gasteiger partial charge in [-0.3, -0.25) is 4.79 Å². The summed E-state index contributed by atoms with van der Waals surface area (Å²) in [4.78, 5) is 11.5. The molecule has 0 unspecified atom stereocenters. The van der Waals surface area contributed by atoms with Gasteiger partial charge in [-0.05, 0) is 19.1 Å². The Morgan fingerprint density at radius 1 is 1.32 bits per heavy atom. The number of hydrogen-bond donors (Lipinski definition) is 1. The second-order valence-corrected chi connectivity index (χ2v) is 5.91. The van der Waals surface area contributed by atoms with Gasteiger partial charge in [0.05, 0.1) is 0 Å². The van der Waals surface area contributed by atoms with E-state index >= 15 is 0 Å². The highest BCUT2D eigenvalue weighted by molar-refractivity contribution is 7.92. The fourth-order valence-corrected chi connectivity index (χ4v) is 2.80. The minimum absolute atomic E-state index is 0.231. The van der Waals surface area contributed by atoms with Gasteiger partial charge in [-0.2, -0.15) is 0 Å². The van der Waals surface area contributed by atoms with Crippen LogP contribution in [0, 0.1) is 11.6 Å². The van der Waals surface area contributed by atoms with Gasteiger partial charge in [-0.25, -0.2) is 17.2 Å². The Balaban J connectivity index is 3.19. The third-order valence-electron chi connectivity index (χ3n) is 2.55. The van der Waals surface area contributed by atoms with E-state index in [2.05, 4.69) is 0 Å². The van der Waals surface area contributed by atoms with Crippen LogP contribution in [0.5, 0.6) is 0 Å². The summed E-state index contributed by atoms with van der Waals surface area (Å²) in [6.45, 7) is 1.94. The van der Waals surface area contributed by atoms with Crippen molar-refractivity contribution in [2.45, 2.75) is 11.8 Å². The van der Waals surface area contributed by atoms with E-state index in [0.717, 1.165) is 4.90 Å². The van der Waals surface area contributed by atoms with E-state index in [4.69, 9.17) is 5.73 Å². The van der Waals surface area contributed by atoms with Gasteiger partial charge in [0.15, 0.2) is 9.84 Å². The van der Waals surface area contributed by atoms with E-state index in [0.29, 0.717) is 18.7 Å². The molecule has 0 aliphatic heterocycles. The molecule has 0 saturated carbocycles. The summed E-state index contributed by atoms with van der Waals surface area (Å²) >= 11 is 0. The Morgan fingerprint density at radius 2 is 1.79 bits per heavy atom. The van der Waals surface area contributed by atoms with Gasteiger partial charge in [0.1, 0.15) is 22.3 Å². The molecule has 1 aromatic carbocycles. The molecule has 0 aromatic heterocycles. The predicted molar refractivity (Wildman–Crippen MR) is 66.1 cm³/mol. The van der Waals surface area contributed by atoms with Gasteiger partial charge in [-0.1, -0.05) is 0 Å². The molecule has 0 heterocycles. The van der Waals surface area contributed by atoms with Gasteiger partial charge in [0.25, 0.3) is 0 Å². The first kappa shape index (κ1) is 15.4. The van der Waals surface area contributed by atoms with Crippen molar-refractivity contribution in [1.29, 1.82) is 0 Å². The summed E-state index contributed by atoms with van der Waals surface area (Å²) in [6.07, 6.45) is 0. The molecule has 106 valence electrons. The summed E-state index contributed by atoms with van der Waals surface area (Å²) < 4.78 is 50.7. The van der Waals surface area contributed by atoms with Crippen molar-refractivity contribution in [3.8, 4) is 0 Å². The predicted octanol–water partition coefficient (Wildman–Crippen LogP) is 0.799. The van der Waals surface area contributed by atoms with Gasteiger partial charge >= 0.3 is 0 Å². The number of amides is 1. The lowest BCUT2D eigenvalue weighted by atomic mass is 10.3. The van der Waals surface area contributed by atoms with Crippen molar-refractivity contribution < 1.29 is 22.0 Å². The van der Waals surface area contributed by atoms with E-state index in [1.165, 1.54) is 7.05 Å². The van der Waals surface area contributed by atoms with Crippen LogP contribution >= 0.6 is 0 Å². The highest BCUT2D eigenvalue weighted by atomic mass is 32.2. The highest BCUT2D eigenvalue weighted by Crippen LogP contribution is 2.23. The molecule has 5 nitrogen and oxygen atoms in total. The number of halogens is 2. The molecule has 1 rings (SSSR count). The zero-order valence-corrected chi connectivity index (χ0v) is 11.3. The number of nitrogen functional groups attached to an aromatic ring is 1. The van der Waals surface area contributed by atoms with Crippen molar-refractivity contribution in [2.75, 3.05) is 25.1 Å². The van der Waals surface area contributed by atoms with Crippen LogP contribution in [0.4, 0.5) is 14.5 Å². The third kappa shape index (κ3) is 3.40. The van der Waals surface area contributed by atoms with Crippen LogP contribution in [0.3, 0.4) is 0 Å². The molecule has 1 amide bonds. The number of hydrogen-bond acceptors (Lipinski definition) is 4. The van der Waals surface area contributed by atoms with Crippen LogP contribution in [-0.2, 0) is 14.6 Å². The van der Waals surface area contributed by atoms with Gasteiger partial charge in [-0.15, -0.1) is 0 Å². The first-order valence-corrected chi connectivity index (χ1v) is 7.05. The fraction of sp³-hybridized carbons (Fsp3) is 0.364. The highest BCUT2D eigenvalue weighted by Gasteiger charge is 2.28. The summed E-state index contributed by atoms with van der Waals surface area (Å²) in [5.74, 6) is -4.33. The molecular formula is C11H14F2N2O3S. The number of carbonyl (C=O) groups is 1. The summed E-state index contributed by atoms with van der Waals surface area (Å²) in [5.41, 5.74) is 4.96. The SMILES string of the molecule is CCN(C)C(=O)CS(=O)(=O)c1c(F)cc(N)cc1F. The summed E-state index contributed by atoms with van der Waals surface area (Å²) in [7, 11) is -2.99. The molecule has 0 radical (unpaired) electrons. The van der Waals surface area contributed by atoms with Gasteiger partial charge in [0.2, 0.25) is 5.91 Å². The molecule has 0 atom stereocenters. The molecule has 0 aliphatic carbocycles. The Morgan fingerprint density at radius 3 is 2.21 bits per heavy atom. The minimum atomic E-state index is -4.39. The smallest absolute Gasteiger partial charge is 0.237 e. The molecule has 0 aliphatic rings. The third-order valence-corrected chi connectivity index (χ3v) is 4.18. The quantitative estimate of drug-likeness (QED) is 0.832. The number of nitrogens with two attached hydrogens (primary N) is 1. The number of rotatable bonds is 4. The topological polar surface area (TPSA) is 80.5 Å². The lowest BCUT2D eigenvalue weighted by Crippen LogP contribution is -2.32. The molecule has 8 heteroatoms. The van der Waals surface area contributed by atoms with Crippen molar-refractivity contribution in [3.05, 3.63) is 23.8 Å². The number of nitrogens with zero attached hydrogens (tertiary/aromatic N) is 1. The van der Waals surface area contributed by atoms with E-state index in [1.807, 2.05) is 0 Å². The van der Waals surface area contributed by atoms with Crippen molar-refractivity contribution in [2.24, 2.45) is 0 Å². The standard InChI is InChI=1S/C11H14F2N2O3S/c1-3-15(2)10(16)6-19(17,18)11-8(12)4-7(14)5-9(11)13/h4-5H,3,6,14H2,1-2H3. The van der Waals surface area contributed by atoms with E-state index in [1.54, 1.807) is 6.92 Å². The van der Waals surface area contributed by atoms with Crippen LogP contribution in [0.15, 0.2) is 17.0 Å². The minimum Gasteiger partial charge on any atom is -0.399 e. The summed E-state index contributed by atoms with van der Waals surface area (Å²) in [6, 6.07) is 1.40. The number of sulfone groups is 1. The maximum Gasteiger partial charge on any atom is 0.237 e. The van der Waals surface area contributed by atoms with Gasteiger partial charge in [0, 0.05) is 19.3 Å². The number of carbonyl (C=O) groups excluding carboxylic acids is 1. The zero-order chi connectivity index (χ0) is 14.8. The average molecular weight is 292 g/mol. The van der Waals surface area contributed by atoms with Crippen LogP contribution in [0.25, 0.3) is 0 Å². The van der Waals surface area contributed by atoms with Crippen molar-refractivity contribution in [1.82, 2.24) is 4.90 Å². The Kier molecular flexibility index (Phi) is 4.46. The van der Waals surface area contributed by atoms with Crippen LogP contribution in [-0.4, -0.2) is 38.6 Å². The Bertz CT molecular complexity index is 579. The maximum absolute atomic E-state index is 13.5. The first-order valence-electron chi connectivity index (χ1n) is 5.40. The Labute approximate surface area is 109 Å². The van der Waals surface area contributed by atoms with Crippen LogP contribution < -0.4 is 5.73 Å². The molecular weight excluding hydrogens is 278 g/mol. The Hall–Kier alpha value is -1.70. The van der Waals surface area contributed by atoms with E-state index in [-0.39, 0.29) is 5.69 Å². The molecule has 1 aromatic rings. The maximum atomic E-state index is 13.5. The number of benzene rings is 1. The van der Waals surface area contributed by atoms with Crippen molar-refractivity contribution >= 4 is 21.4 Å². The molecule has 2 N–H and O–H groups in total. The molecule has 0 saturated heterocycles. The van der Waals surface area contributed by atoms with Crippen molar-refractivity contribution in [3.63, 3.8) is 0 Å². The normalized spacial score (nSPS) is 11.4. The lowest BCUT2D eigenvalue weighted by molar-refractivity contribution is -0.126. The second kappa shape index (κ2) is 5.52. The summed E-state index contributed by atoms with van der Waals surface area (Å²) in [5, 5.41) is 0. The van der Waals surface area contributed by atoms with Crippen LogP contribution in [0.1, 0.15) is 6.92 Å². The fourth-order valence-electron chi connectivity index (χ4n) is 1.40. The largest absolute Gasteiger partial charge is 0.399 e. The molecule has 0 fully saturated rings. The molecule has 0 bridgehead atoms. The van der Waals surface area contributed by atoms with Crippen LogP contribution in [0.2, 0.25) is 0 Å². The van der Waals surface area contributed by atoms with E-state index < -0.39 is 38.0 Å².